The van der Waals surface area contributed by atoms with Crippen molar-refractivity contribution < 1.29 is 14.3 Å². The van der Waals surface area contributed by atoms with Gasteiger partial charge in [-0.1, -0.05) is 36.4 Å². The van der Waals surface area contributed by atoms with Crippen molar-refractivity contribution in [1.29, 1.82) is 0 Å². The third-order valence-corrected chi connectivity index (χ3v) is 7.18. The molecule has 140 valence electrons. The maximum Gasteiger partial charge on any atom is 0.321 e. The Bertz CT molecular complexity index is 1060. The van der Waals surface area contributed by atoms with Crippen molar-refractivity contribution in [3.05, 3.63) is 75.4 Å². The quantitative estimate of drug-likeness (QED) is 0.520. The van der Waals surface area contributed by atoms with E-state index < -0.39 is 0 Å². The SMILES string of the molecule is O=C1OC(=O)[C@H]2CCC3=C(Cc4c5ccc(c43)CCc3ccc(cc3)CC5)[C@@H]12. The van der Waals surface area contributed by atoms with Crippen LogP contribution in [-0.4, -0.2) is 11.9 Å². The molecule has 0 aromatic heterocycles. The Labute approximate surface area is 164 Å². The fraction of sp³-hybridized carbons (Fsp3) is 0.360. The van der Waals surface area contributed by atoms with Gasteiger partial charge in [-0.25, -0.2) is 0 Å². The molecule has 7 aliphatic rings. The first-order valence-corrected chi connectivity index (χ1v) is 10.4. The topological polar surface area (TPSA) is 43.4 Å². The molecule has 6 aliphatic carbocycles. The van der Waals surface area contributed by atoms with Crippen molar-refractivity contribution in [3.8, 4) is 0 Å². The van der Waals surface area contributed by atoms with E-state index in [1.54, 1.807) is 0 Å². The third kappa shape index (κ3) is 2.28. The Kier molecular flexibility index (Phi) is 3.44. The van der Waals surface area contributed by atoms with Crippen LogP contribution in [0.4, 0.5) is 0 Å². The highest BCUT2D eigenvalue weighted by atomic mass is 16.6. The van der Waals surface area contributed by atoms with E-state index in [0.717, 1.165) is 44.9 Å². The molecule has 0 radical (unpaired) electrons. The molecule has 9 rings (SSSR count). The van der Waals surface area contributed by atoms with Gasteiger partial charge in [-0.05, 0) is 89.5 Å². The number of benzene rings is 2. The van der Waals surface area contributed by atoms with Crippen LogP contribution in [0.15, 0.2) is 42.0 Å². The minimum atomic E-state index is -0.344. The number of hydrogen-bond donors (Lipinski definition) is 0. The van der Waals surface area contributed by atoms with Crippen molar-refractivity contribution in [3.63, 3.8) is 0 Å². The van der Waals surface area contributed by atoms with Crippen molar-refractivity contribution in [1.82, 2.24) is 0 Å². The lowest BCUT2D eigenvalue weighted by Gasteiger charge is -2.23. The lowest BCUT2D eigenvalue weighted by Crippen LogP contribution is -2.24. The molecular formula is C25H22O3. The van der Waals surface area contributed by atoms with Gasteiger partial charge in [0, 0.05) is 0 Å². The van der Waals surface area contributed by atoms with E-state index in [9.17, 15) is 9.59 Å². The summed E-state index contributed by atoms with van der Waals surface area (Å²) < 4.78 is 5.01. The molecule has 0 N–H and O–H groups in total. The highest BCUT2D eigenvalue weighted by molar-refractivity contribution is 6.01. The largest absolute Gasteiger partial charge is 0.392 e. The lowest BCUT2D eigenvalue weighted by molar-refractivity contribution is -0.153. The number of cyclic esters (lactones) is 2. The average molecular weight is 370 g/mol. The second kappa shape index (κ2) is 5.91. The first-order valence-electron chi connectivity index (χ1n) is 10.4. The van der Waals surface area contributed by atoms with E-state index in [1.165, 1.54) is 44.5 Å². The standard InChI is InChI=1S/C25H22O3/c26-24-19-12-11-18-21(23(19)25(27)28-24)13-20-16-7-5-14-1-3-15(4-2-14)6-8-17(10-9-16)22(18)20/h1-4,9-10,19,23H,5-8,11-13H2/t19-,23-/m0/s1. The zero-order chi connectivity index (χ0) is 18.8. The number of rotatable bonds is 0. The first kappa shape index (κ1) is 16.3. The van der Waals surface area contributed by atoms with Gasteiger partial charge in [-0.15, -0.1) is 0 Å². The lowest BCUT2D eigenvalue weighted by atomic mass is 9.76. The maximum absolute atomic E-state index is 12.4. The summed E-state index contributed by atoms with van der Waals surface area (Å²) in [5, 5.41) is 0. The summed E-state index contributed by atoms with van der Waals surface area (Å²) in [6.07, 6.45) is 6.52. The van der Waals surface area contributed by atoms with E-state index in [4.69, 9.17) is 4.74 Å². The molecule has 3 heteroatoms. The third-order valence-electron chi connectivity index (χ3n) is 7.18. The Morgan fingerprint density at radius 1 is 0.750 bits per heavy atom. The van der Waals surface area contributed by atoms with Crippen LogP contribution in [0, 0.1) is 11.8 Å². The molecule has 0 unspecified atom stereocenters. The minimum Gasteiger partial charge on any atom is -0.392 e. The molecule has 0 amide bonds. The van der Waals surface area contributed by atoms with Crippen LogP contribution in [-0.2, 0) is 46.4 Å². The smallest absolute Gasteiger partial charge is 0.321 e. The zero-order valence-electron chi connectivity index (χ0n) is 15.8. The van der Waals surface area contributed by atoms with Crippen LogP contribution < -0.4 is 0 Å². The number of aryl methyl sites for hydroxylation is 4. The molecule has 0 saturated carbocycles. The fourth-order valence-corrected chi connectivity index (χ4v) is 5.74. The molecule has 1 aliphatic heterocycles. The zero-order valence-corrected chi connectivity index (χ0v) is 15.8. The maximum atomic E-state index is 12.4. The van der Waals surface area contributed by atoms with Crippen molar-refractivity contribution in [2.75, 3.05) is 0 Å². The Morgan fingerprint density at radius 3 is 2.18 bits per heavy atom. The van der Waals surface area contributed by atoms with Gasteiger partial charge < -0.3 is 4.74 Å². The first-order chi connectivity index (χ1) is 13.7. The normalized spacial score (nSPS) is 25.1. The number of allylic oxidation sites excluding steroid dienone is 1. The summed E-state index contributed by atoms with van der Waals surface area (Å²) in [7, 11) is 0. The second-order valence-electron chi connectivity index (χ2n) is 8.60. The number of carbonyl (C=O) groups is 2. The van der Waals surface area contributed by atoms with Crippen molar-refractivity contribution >= 4 is 17.5 Å². The van der Waals surface area contributed by atoms with Crippen LogP contribution in [0.5, 0.6) is 0 Å². The summed E-state index contributed by atoms with van der Waals surface area (Å²) in [6.45, 7) is 0. The Hall–Kier alpha value is -2.68. The molecular weight excluding hydrogens is 348 g/mol. The number of carbonyl (C=O) groups excluding carboxylic acids is 2. The predicted molar refractivity (Wildman–Crippen MR) is 106 cm³/mol. The van der Waals surface area contributed by atoms with E-state index in [0.29, 0.717) is 0 Å². The molecule has 2 atom stereocenters. The fourth-order valence-electron chi connectivity index (χ4n) is 5.74. The summed E-state index contributed by atoms with van der Waals surface area (Å²) in [5.74, 6) is -1.24. The van der Waals surface area contributed by atoms with Crippen LogP contribution in [0.25, 0.3) is 5.57 Å². The van der Waals surface area contributed by atoms with Crippen LogP contribution in [0.3, 0.4) is 0 Å². The van der Waals surface area contributed by atoms with Gasteiger partial charge >= 0.3 is 11.9 Å². The molecule has 3 nitrogen and oxygen atoms in total. The minimum absolute atomic E-state index is 0.259. The van der Waals surface area contributed by atoms with Crippen molar-refractivity contribution in [2.24, 2.45) is 11.8 Å². The molecule has 4 bridgehead atoms. The molecule has 1 heterocycles. The van der Waals surface area contributed by atoms with E-state index >= 15 is 0 Å². The van der Waals surface area contributed by atoms with Crippen molar-refractivity contribution in [2.45, 2.75) is 44.9 Å². The van der Waals surface area contributed by atoms with Gasteiger partial charge in [0.15, 0.2) is 0 Å². The van der Waals surface area contributed by atoms with Gasteiger partial charge in [-0.3, -0.25) is 9.59 Å². The summed E-state index contributed by atoms with van der Waals surface area (Å²) in [4.78, 5) is 24.5. The van der Waals surface area contributed by atoms with Gasteiger partial charge in [0.1, 0.15) is 0 Å². The summed E-state index contributed by atoms with van der Waals surface area (Å²) in [5.41, 5.74) is 10.9. The summed E-state index contributed by atoms with van der Waals surface area (Å²) >= 11 is 0. The van der Waals surface area contributed by atoms with Crippen LogP contribution in [0.2, 0.25) is 0 Å². The molecule has 1 fully saturated rings. The predicted octanol–water partition coefficient (Wildman–Crippen LogP) is 3.99. The second-order valence-corrected chi connectivity index (χ2v) is 8.60. The Balaban J connectivity index is 1.47. The van der Waals surface area contributed by atoms with E-state index in [2.05, 4.69) is 36.4 Å². The number of esters is 2. The van der Waals surface area contributed by atoms with Gasteiger partial charge in [0.05, 0.1) is 11.8 Å². The highest BCUT2D eigenvalue weighted by Crippen LogP contribution is 2.51. The monoisotopic (exact) mass is 370 g/mol. The highest BCUT2D eigenvalue weighted by Gasteiger charge is 2.50. The molecule has 1 saturated heterocycles. The van der Waals surface area contributed by atoms with Crippen LogP contribution >= 0.6 is 0 Å². The Morgan fingerprint density at radius 2 is 1.43 bits per heavy atom. The average Bonchev–Trinajstić information content (AvgIpc) is 3.22. The van der Waals surface area contributed by atoms with Crippen LogP contribution in [0.1, 0.15) is 46.2 Å². The van der Waals surface area contributed by atoms with Gasteiger partial charge in [0.2, 0.25) is 0 Å². The number of hydrogen-bond acceptors (Lipinski definition) is 3. The number of fused-ring (bicyclic) bond motifs is 2. The molecule has 2 aromatic carbocycles. The molecule has 0 spiro atoms. The van der Waals surface area contributed by atoms with E-state index in [1.807, 2.05) is 0 Å². The van der Waals surface area contributed by atoms with E-state index in [-0.39, 0.29) is 23.8 Å². The molecule has 28 heavy (non-hydrogen) atoms. The van der Waals surface area contributed by atoms with Gasteiger partial charge in [-0.2, -0.15) is 0 Å². The summed E-state index contributed by atoms with van der Waals surface area (Å²) in [6, 6.07) is 13.7. The molecule has 2 aromatic rings. The number of ether oxygens (including phenoxy) is 1. The van der Waals surface area contributed by atoms with Gasteiger partial charge in [0.25, 0.3) is 0 Å².